The fraction of sp³-hybridized carbons (Fsp3) is 0.500. The maximum atomic E-state index is 4.60. The van der Waals surface area contributed by atoms with Crippen LogP contribution in [0, 0.1) is 0 Å². The highest BCUT2D eigenvalue weighted by molar-refractivity contribution is 7.20. The van der Waals surface area contributed by atoms with Gasteiger partial charge in [-0.1, -0.05) is 6.07 Å². The third-order valence-electron chi connectivity index (χ3n) is 5.27. The SMILES string of the molecule is Cl.c1csc(-c2ncc(CN3CCC(c4nnc5n4CCNC5)CC3)s2)c1. The lowest BCUT2D eigenvalue weighted by Crippen LogP contribution is -2.34. The fourth-order valence-electron chi connectivity index (χ4n) is 3.88. The molecule has 3 aromatic rings. The first-order chi connectivity index (χ1) is 12.9. The molecule has 6 nitrogen and oxygen atoms in total. The summed E-state index contributed by atoms with van der Waals surface area (Å²) in [5.74, 6) is 2.85. The molecule has 3 aromatic heterocycles. The summed E-state index contributed by atoms with van der Waals surface area (Å²) in [6.07, 6.45) is 4.39. The topological polar surface area (TPSA) is 58.9 Å². The number of hydrogen-bond donors (Lipinski definition) is 1. The Balaban J connectivity index is 0.00000180. The Morgan fingerprint density at radius 1 is 1.19 bits per heavy atom. The van der Waals surface area contributed by atoms with Crippen LogP contribution >= 0.6 is 35.1 Å². The zero-order valence-electron chi connectivity index (χ0n) is 15.0. The maximum absolute atomic E-state index is 4.60. The minimum atomic E-state index is 0. The van der Waals surface area contributed by atoms with Crippen LogP contribution in [0.5, 0.6) is 0 Å². The third kappa shape index (κ3) is 3.95. The molecule has 5 heterocycles. The largest absolute Gasteiger partial charge is 0.312 e. The quantitative estimate of drug-likeness (QED) is 0.698. The molecular formula is C18H23ClN6S2. The number of hydrogen-bond acceptors (Lipinski definition) is 7. The fourth-order valence-corrected chi connectivity index (χ4v) is 5.64. The summed E-state index contributed by atoms with van der Waals surface area (Å²) in [5, 5.41) is 15.5. The highest BCUT2D eigenvalue weighted by atomic mass is 35.5. The van der Waals surface area contributed by atoms with E-state index in [1.807, 2.05) is 17.5 Å². The number of nitrogens with one attached hydrogen (secondary N) is 1. The van der Waals surface area contributed by atoms with E-state index in [4.69, 9.17) is 0 Å². The van der Waals surface area contributed by atoms with E-state index in [2.05, 4.69) is 47.5 Å². The third-order valence-corrected chi connectivity index (χ3v) is 7.29. The monoisotopic (exact) mass is 422 g/mol. The molecule has 0 saturated carbocycles. The van der Waals surface area contributed by atoms with E-state index < -0.39 is 0 Å². The summed E-state index contributed by atoms with van der Waals surface area (Å²) in [5.41, 5.74) is 0. The first-order valence-corrected chi connectivity index (χ1v) is 10.9. The van der Waals surface area contributed by atoms with Gasteiger partial charge < -0.3 is 9.88 Å². The van der Waals surface area contributed by atoms with Crippen molar-refractivity contribution < 1.29 is 0 Å². The van der Waals surface area contributed by atoms with Crippen molar-refractivity contribution in [2.45, 2.75) is 38.4 Å². The van der Waals surface area contributed by atoms with E-state index in [1.165, 1.54) is 28.4 Å². The summed E-state index contributed by atoms with van der Waals surface area (Å²) in [6, 6.07) is 4.23. The number of thiazole rings is 1. The lowest BCUT2D eigenvalue weighted by molar-refractivity contribution is 0.201. The van der Waals surface area contributed by atoms with Crippen molar-refractivity contribution in [3.05, 3.63) is 40.2 Å². The zero-order chi connectivity index (χ0) is 17.3. The van der Waals surface area contributed by atoms with Gasteiger partial charge in [-0.3, -0.25) is 4.90 Å². The van der Waals surface area contributed by atoms with E-state index in [1.54, 1.807) is 11.3 Å². The zero-order valence-corrected chi connectivity index (χ0v) is 17.5. The lowest BCUT2D eigenvalue weighted by atomic mass is 9.95. The van der Waals surface area contributed by atoms with Crippen molar-refractivity contribution in [3.63, 3.8) is 0 Å². The summed E-state index contributed by atoms with van der Waals surface area (Å²) in [4.78, 5) is 9.78. The number of likely N-dealkylation sites (tertiary alicyclic amines) is 1. The van der Waals surface area contributed by atoms with Crippen molar-refractivity contribution in [2.75, 3.05) is 19.6 Å². The van der Waals surface area contributed by atoms with Gasteiger partial charge in [-0.15, -0.1) is 45.3 Å². The summed E-state index contributed by atoms with van der Waals surface area (Å²) in [6.45, 7) is 6.13. The van der Waals surface area contributed by atoms with Crippen molar-refractivity contribution in [2.24, 2.45) is 0 Å². The van der Waals surface area contributed by atoms with Gasteiger partial charge >= 0.3 is 0 Å². The summed E-state index contributed by atoms with van der Waals surface area (Å²) >= 11 is 3.59. The van der Waals surface area contributed by atoms with Crippen LogP contribution < -0.4 is 5.32 Å². The maximum Gasteiger partial charge on any atom is 0.147 e. The Kier molecular flexibility index (Phi) is 5.89. The Morgan fingerprint density at radius 2 is 2.07 bits per heavy atom. The van der Waals surface area contributed by atoms with Gasteiger partial charge in [0.15, 0.2) is 0 Å². The molecule has 2 aliphatic heterocycles. The van der Waals surface area contributed by atoms with Gasteiger partial charge in [0, 0.05) is 36.6 Å². The number of fused-ring (bicyclic) bond motifs is 1. The second-order valence-corrected chi connectivity index (χ2v) is 9.03. The molecule has 0 unspecified atom stereocenters. The van der Waals surface area contributed by atoms with Crippen molar-refractivity contribution in [1.82, 2.24) is 30.0 Å². The number of nitrogens with zero attached hydrogens (tertiary/aromatic N) is 5. The molecule has 144 valence electrons. The van der Waals surface area contributed by atoms with Crippen LogP contribution in [0.2, 0.25) is 0 Å². The van der Waals surface area contributed by atoms with Crippen LogP contribution in [0.4, 0.5) is 0 Å². The number of piperidine rings is 1. The molecule has 1 saturated heterocycles. The van der Waals surface area contributed by atoms with Crippen LogP contribution in [0.25, 0.3) is 9.88 Å². The van der Waals surface area contributed by atoms with E-state index in [0.717, 1.165) is 50.1 Å². The molecular weight excluding hydrogens is 400 g/mol. The molecule has 27 heavy (non-hydrogen) atoms. The Bertz CT molecular complexity index is 866. The average molecular weight is 423 g/mol. The first kappa shape index (κ1) is 19.0. The number of thiophene rings is 1. The number of halogens is 1. The summed E-state index contributed by atoms with van der Waals surface area (Å²) < 4.78 is 2.34. The van der Waals surface area contributed by atoms with Crippen molar-refractivity contribution in [3.8, 4) is 9.88 Å². The van der Waals surface area contributed by atoms with Gasteiger partial charge in [-0.25, -0.2) is 4.98 Å². The van der Waals surface area contributed by atoms with E-state index >= 15 is 0 Å². The van der Waals surface area contributed by atoms with Crippen LogP contribution in [-0.2, 0) is 19.6 Å². The smallest absolute Gasteiger partial charge is 0.147 e. The van der Waals surface area contributed by atoms with Gasteiger partial charge in [-0.2, -0.15) is 0 Å². The highest BCUT2D eigenvalue weighted by Gasteiger charge is 2.27. The minimum absolute atomic E-state index is 0. The Hall–Kier alpha value is -1.32. The molecule has 0 aliphatic carbocycles. The molecule has 0 radical (unpaired) electrons. The minimum Gasteiger partial charge on any atom is -0.312 e. The molecule has 1 fully saturated rings. The highest BCUT2D eigenvalue weighted by Crippen LogP contribution is 2.32. The van der Waals surface area contributed by atoms with Gasteiger partial charge in [-0.05, 0) is 37.4 Å². The van der Waals surface area contributed by atoms with E-state index in [-0.39, 0.29) is 12.4 Å². The van der Waals surface area contributed by atoms with Crippen LogP contribution in [0.1, 0.15) is 35.3 Å². The molecule has 1 N–H and O–H groups in total. The van der Waals surface area contributed by atoms with Gasteiger partial charge in [0.2, 0.25) is 0 Å². The van der Waals surface area contributed by atoms with Gasteiger partial charge in [0.05, 0.1) is 11.4 Å². The molecule has 2 aliphatic rings. The lowest BCUT2D eigenvalue weighted by Gasteiger charge is -2.31. The molecule has 9 heteroatoms. The van der Waals surface area contributed by atoms with Crippen LogP contribution in [-0.4, -0.2) is 44.3 Å². The molecule has 0 spiro atoms. The second kappa shape index (κ2) is 8.36. The standard InChI is InChI=1S/C18H22N6S2.ClH/c1-2-15(25-9-1)18-20-10-14(26-18)12-23-6-3-13(4-7-23)17-22-21-16-11-19-5-8-24(16)17;/h1-2,9-10,13,19H,3-8,11-12H2;1H. The first-order valence-electron chi connectivity index (χ1n) is 9.20. The van der Waals surface area contributed by atoms with Gasteiger partial charge in [0.25, 0.3) is 0 Å². The molecule has 0 aromatic carbocycles. The van der Waals surface area contributed by atoms with Crippen molar-refractivity contribution in [1.29, 1.82) is 0 Å². The summed E-state index contributed by atoms with van der Waals surface area (Å²) in [7, 11) is 0. The van der Waals surface area contributed by atoms with Crippen LogP contribution in [0.3, 0.4) is 0 Å². The predicted molar refractivity (Wildman–Crippen MR) is 112 cm³/mol. The van der Waals surface area contributed by atoms with Crippen molar-refractivity contribution >= 4 is 35.1 Å². The normalized spacial score (nSPS) is 18.2. The Labute approximate surface area is 173 Å². The molecule has 5 rings (SSSR count). The number of rotatable bonds is 4. The predicted octanol–water partition coefficient (Wildman–Crippen LogP) is 3.37. The van der Waals surface area contributed by atoms with Crippen LogP contribution in [0.15, 0.2) is 23.7 Å². The average Bonchev–Trinajstić information content (AvgIpc) is 3.43. The number of aromatic nitrogens is 4. The van der Waals surface area contributed by atoms with Gasteiger partial charge in [0.1, 0.15) is 16.7 Å². The molecule has 0 bridgehead atoms. The second-order valence-electron chi connectivity index (χ2n) is 6.96. The molecule has 0 atom stereocenters. The van der Waals surface area contributed by atoms with E-state index in [9.17, 15) is 0 Å². The Morgan fingerprint density at radius 3 is 2.89 bits per heavy atom. The molecule has 0 amide bonds. The van der Waals surface area contributed by atoms with E-state index in [0.29, 0.717) is 5.92 Å².